The molecule has 0 bridgehead atoms. The zero-order valence-electron chi connectivity index (χ0n) is 10.8. The summed E-state index contributed by atoms with van der Waals surface area (Å²) in [5.41, 5.74) is 0. The van der Waals surface area contributed by atoms with E-state index < -0.39 is 0 Å². The third kappa shape index (κ3) is 6.53. The van der Waals surface area contributed by atoms with E-state index in [0.29, 0.717) is 0 Å². The van der Waals surface area contributed by atoms with Gasteiger partial charge in [-0.3, -0.25) is 0 Å². The van der Waals surface area contributed by atoms with Gasteiger partial charge in [-0.1, -0.05) is 0 Å². The van der Waals surface area contributed by atoms with Crippen LogP contribution in [-0.2, 0) is 16.8 Å². The van der Waals surface area contributed by atoms with Crippen LogP contribution < -0.4 is 10.6 Å². The van der Waals surface area contributed by atoms with Gasteiger partial charge in [0.15, 0.2) is 0 Å². The molecule has 0 aliphatic rings. The molecule has 0 N–H and O–H groups in total. The minimum absolute atomic E-state index is 0. The second-order valence-electron chi connectivity index (χ2n) is 4.08. The van der Waals surface area contributed by atoms with E-state index in [1.807, 2.05) is 0 Å². The Balaban J connectivity index is 0.000000284. The molecule has 17 heavy (non-hydrogen) atoms. The van der Waals surface area contributed by atoms with Gasteiger partial charge in [-0.25, -0.2) is 24.3 Å². The summed E-state index contributed by atoms with van der Waals surface area (Å²) in [5, 5.41) is 3.00. The Labute approximate surface area is 118 Å². The van der Waals surface area contributed by atoms with E-state index in [4.69, 9.17) is 0 Å². The molecule has 2 rings (SSSR count). The molecule has 0 fully saturated rings. The first kappa shape index (κ1) is 17.1. The molecule has 0 amide bonds. The molecule has 1 radical (unpaired) electrons. The Hall–Kier alpha value is 0.0665. The number of hydrogen-bond acceptors (Lipinski definition) is 0. The topological polar surface area (TPSA) is 0 Å². The molecule has 2 aromatic carbocycles. The van der Waals surface area contributed by atoms with Crippen LogP contribution in [0.4, 0.5) is 0 Å². The maximum absolute atomic E-state index is 2.27. The average Bonchev–Trinajstić information content (AvgIpc) is 2.93. The summed E-state index contributed by atoms with van der Waals surface area (Å²) in [7, 11) is 0.283. The standard InChI is InChI=1S/2C7H10P.Co/c2*1-8(2)7-5-3-4-6-7;/h2*3-6H,1-2H3;/q2*-1;+2. The van der Waals surface area contributed by atoms with E-state index in [0.717, 1.165) is 0 Å². The molecule has 0 aromatic heterocycles. The Morgan fingerprint density at radius 3 is 1.24 bits per heavy atom. The van der Waals surface area contributed by atoms with Crippen molar-refractivity contribution in [1.29, 1.82) is 0 Å². The molecule has 0 saturated heterocycles. The monoisotopic (exact) mass is 309 g/mol. The zero-order chi connectivity index (χ0) is 12.0. The molecular formula is C14H20CoP2. The second kappa shape index (κ2) is 9.06. The van der Waals surface area contributed by atoms with Crippen molar-refractivity contribution in [2.24, 2.45) is 0 Å². The molecule has 3 heteroatoms. The van der Waals surface area contributed by atoms with Crippen molar-refractivity contribution in [3.8, 4) is 0 Å². The minimum atomic E-state index is 0. The van der Waals surface area contributed by atoms with Gasteiger partial charge in [0, 0.05) is 0 Å². The van der Waals surface area contributed by atoms with E-state index in [1.165, 1.54) is 10.6 Å². The van der Waals surface area contributed by atoms with E-state index in [2.05, 4.69) is 75.2 Å². The van der Waals surface area contributed by atoms with Gasteiger partial charge in [0.2, 0.25) is 0 Å². The maximum atomic E-state index is 2.27. The van der Waals surface area contributed by atoms with Gasteiger partial charge < -0.3 is 0 Å². The van der Waals surface area contributed by atoms with Crippen LogP contribution in [0, 0.1) is 0 Å². The summed E-state index contributed by atoms with van der Waals surface area (Å²) in [5.74, 6) is 0. The molecule has 95 valence electrons. The minimum Gasteiger partial charge on any atom is -0.213 e. The summed E-state index contributed by atoms with van der Waals surface area (Å²) in [6, 6.07) is 17.1. The molecule has 0 aliphatic carbocycles. The third-order valence-electron chi connectivity index (χ3n) is 2.32. The Morgan fingerprint density at radius 2 is 1.12 bits per heavy atom. The van der Waals surface area contributed by atoms with Gasteiger partial charge in [-0.15, -0.1) is 26.5 Å². The summed E-state index contributed by atoms with van der Waals surface area (Å²) in [6.45, 7) is 9.07. The van der Waals surface area contributed by atoms with Crippen molar-refractivity contribution in [2.75, 3.05) is 26.7 Å². The number of hydrogen-bond donors (Lipinski definition) is 0. The summed E-state index contributed by atoms with van der Waals surface area (Å²) >= 11 is 0. The summed E-state index contributed by atoms with van der Waals surface area (Å²) in [6.07, 6.45) is 0. The predicted molar refractivity (Wildman–Crippen MR) is 80.9 cm³/mol. The van der Waals surface area contributed by atoms with Crippen molar-refractivity contribution in [2.45, 2.75) is 0 Å². The van der Waals surface area contributed by atoms with Crippen LogP contribution >= 0.6 is 15.8 Å². The van der Waals surface area contributed by atoms with Crippen LogP contribution in [0.3, 0.4) is 0 Å². The average molecular weight is 309 g/mol. The van der Waals surface area contributed by atoms with Crippen LogP contribution in [0.25, 0.3) is 0 Å². The molecule has 0 aliphatic heterocycles. The van der Waals surface area contributed by atoms with E-state index in [-0.39, 0.29) is 32.6 Å². The Bertz CT molecular complexity index is 323. The Kier molecular flexibility index (Phi) is 9.09. The molecule has 0 spiro atoms. The van der Waals surface area contributed by atoms with Gasteiger partial charge in [-0.2, -0.15) is 24.3 Å². The fourth-order valence-electron chi connectivity index (χ4n) is 1.32. The molecular weight excluding hydrogens is 289 g/mol. The van der Waals surface area contributed by atoms with E-state index >= 15 is 0 Å². The van der Waals surface area contributed by atoms with E-state index in [9.17, 15) is 0 Å². The number of rotatable bonds is 2. The second-order valence-corrected chi connectivity index (χ2v) is 8.69. The van der Waals surface area contributed by atoms with Gasteiger partial charge >= 0.3 is 16.8 Å². The fourth-order valence-corrected chi connectivity index (χ4v) is 2.86. The molecule has 0 saturated carbocycles. The van der Waals surface area contributed by atoms with Crippen LogP contribution in [-0.4, -0.2) is 26.7 Å². The first-order valence-electron chi connectivity index (χ1n) is 5.39. The largest absolute Gasteiger partial charge is 2.00 e. The fraction of sp³-hybridized carbons (Fsp3) is 0.286. The normalized spacial score (nSPS) is 9.76. The molecule has 0 heterocycles. The molecule has 2 aromatic rings. The summed E-state index contributed by atoms with van der Waals surface area (Å²) in [4.78, 5) is 0. The quantitative estimate of drug-likeness (QED) is 0.588. The van der Waals surface area contributed by atoms with Crippen molar-refractivity contribution in [3.63, 3.8) is 0 Å². The van der Waals surface area contributed by atoms with Gasteiger partial charge in [0.25, 0.3) is 0 Å². The first-order chi connectivity index (χ1) is 7.61. The van der Waals surface area contributed by atoms with E-state index in [1.54, 1.807) is 0 Å². The van der Waals surface area contributed by atoms with Gasteiger partial charge in [0.05, 0.1) is 0 Å². The SMILES string of the molecule is CP(C)c1ccc[cH-]1.CP(C)c1ccc[cH-]1.[Co+2]. The smallest absolute Gasteiger partial charge is 0.213 e. The third-order valence-corrected chi connectivity index (χ3v) is 4.98. The zero-order valence-corrected chi connectivity index (χ0v) is 13.7. The molecule has 0 nitrogen and oxygen atoms in total. The van der Waals surface area contributed by atoms with Gasteiger partial charge in [-0.05, 0) is 26.7 Å². The van der Waals surface area contributed by atoms with Crippen LogP contribution in [0.5, 0.6) is 0 Å². The van der Waals surface area contributed by atoms with Crippen molar-refractivity contribution in [3.05, 3.63) is 48.5 Å². The van der Waals surface area contributed by atoms with Crippen LogP contribution in [0.1, 0.15) is 0 Å². The van der Waals surface area contributed by atoms with Crippen molar-refractivity contribution < 1.29 is 16.8 Å². The molecule has 0 atom stereocenters. The Morgan fingerprint density at radius 1 is 0.765 bits per heavy atom. The predicted octanol–water partition coefficient (Wildman–Crippen LogP) is 3.54. The first-order valence-corrected chi connectivity index (χ1v) is 9.86. The van der Waals surface area contributed by atoms with Crippen molar-refractivity contribution in [1.82, 2.24) is 0 Å². The van der Waals surface area contributed by atoms with Gasteiger partial charge in [0.1, 0.15) is 0 Å². The van der Waals surface area contributed by atoms with Crippen molar-refractivity contribution >= 4 is 26.5 Å². The van der Waals surface area contributed by atoms with Crippen LogP contribution in [0.2, 0.25) is 0 Å². The molecule has 0 unspecified atom stereocenters. The van der Waals surface area contributed by atoms with Crippen LogP contribution in [0.15, 0.2) is 48.5 Å². The maximum Gasteiger partial charge on any atom is 2.00 e. The summed E-state index contributed by atoms with van der Waals surface area (Å²) < 4.78 is 0.